The van der Waals surface area contributed by atoms with Crippen molar-refractivity contribution in [2.75, 3.05) is 55.2 Å². The van der Waals surface area contributed by atoms with Crippen LogP contribution in [-0.2, 0) is 29.2 Å². The van der Waals surface area contributed by atoms with Gasteiger partial charge in [-0.05, 0) is 80.5 Å². The number of aromatic nitrogens is 3. The zero-order valence-corrected chi connectivity index (χ0v) is 35.5. The summed E-state index contributed by atoms with van der Waals surface area (Å²) in [6, 6.07) is 12.5. The lowest BCUT2D eigenvalue weighted by Crippen LogP contribution is -2.54. The molecule has 17 heteroatoms. The second-order valence-electron chi connectivity index (χ2n) is 16.5. The van der Waals surface area contributed by atoms with E-state index in [2.05, 4.69) is 35.7 Å². The number of piperazine rings is 1. The number of anilines is 3. The summed E-state index contributed by atoms with van der Waals surface area (Å²) in [6.07, 6.45) is 0.916. The van der Waals surface area contributed by atoms with E-state index in [0.717, 1.165) is 69.4 Å². The molecule has 1 saturated heterocycles. The molecule has 0 spiro atoms. The van der Waals surface area contributed by atoms with Crippen molar-refractivity contribution in [3.63, 3.8) is 0 Å². The molecular formula is C44H61F3N10O4. The molecular weight excluding hydrogens is 790 g/mol. The minimum atomic E-state index is -4.54. The highest BCUT2D eigenvalue weighted by molar-refractivity contribution is 5.90. The number of pyridine rings is 1. The van der Waals surface area contributed by atoms with Crippen LogP contribution >= 0.6 is 0 Å². The van der Waals surface area contributed by atoms with Crippen molar-refractivity contribution in [3.05, 3.63) is 88.0 Å². The Balaban J connectivity index is 1.04. The van der Waals surface area contributed by atoms with Crippen molar-refractivity contribution in [3.8, 4) is 0 Å². The molecule has 0 aliphatic carbocycles. The smallest absolute Gasteiger partial charge is 0.399 e. The molecule has 0 saturated carbocycles. The summed E-state index contributed by atoms with van der Waals surface area (Å²) in [7, 11) is 1.65. The van der Waals surface area contributed by atoms with Crippen LogP contribution in [0.1, 0.15) is 82.0 Å². The fourth-order valence-corrected chi connectivity index (χ4v) is 7.66. The van der Waals surface area contributed by atoms with Gasteiger partial charge in [-0.2, -0.15) is 13.2 Å². The minimum absolute atomic E-state index is 0.00404. The van der Waals surface area contributed by atoms with Crippen LogP contribution in [0, 0.1) is 5.92 Å². The molecule has 0 unspecified atom stereocenters. The first-order chi connectivity index (χ1) is 29.0. The van der Waals surface area contributed by atoms with Crippen molar-refractivity contribution >= 4 is 40.0 Å². The van der Waals surface area contributed by atoms with Crippen molar-refractivity contribution in [1.82, 2.24) is 30.1 Å². The molecule has 14 nitrogen and oxygen atoms in total. The molecule has 3 heterocycles. The molecule has 2 aromatic carbocycles. The second-order valence-corrected chi connectivity index (χ2v) is 16.5. The number of amides is 2. The maximum Gasteiger partial charge on any atom is 0.416 e. The summed E-state index contributed by atoms with van der Waals surface area (Å²) < 4.78 is 42.0. The topological polar surface area (TPSA) is 197 Å². The largest absolute Gasteiger partial charge is 0.416 e. The van der Waals surface area contributed by atoms with Crippen LogP contribution in [0.3, 0.4) is 0 Å². The van der Waals surface area contributed by atoms with Crippen LogP contribution in [-0.4, -0.2) is 93.8 Å². The van der Waals surface area contributed by atoms with E-state index in [4.69, 9.17) is 11.5 Å². The van der Waals surface area contributed by atoms with Crippen molar-refractivity contribution < 1.29 is 27.9 Å². The van der Waals surface area contributed by atoms with Gasteiger partial charge < -0.3 is 37.4 Å². The molecule has 2 aromatic heterocycles. The standard InChI is InChI=1S/C44H61F3N10O4/c1-28(2)21-36(54-42(60)38(58)35(49)22-30-13-9-8-10-14-30)41(59)50-15-11-6-5-7-12-16-56-17-19-57(20-18-56)37-26-34-39(51-27-52-40(34)55(4)43(37)61)53-29(3)31-23-32(44(45,46)47)25-33(48)24-31/h8-10,13-14,23-29,35-36,38,58H,5-7,11-12,15-22,48-49H2,1-4H3,(H,50,59)(H,54,60)(H,51,52,53)/t29-,35-,36+,38+/m1/s1. The van der Waals surface area contributed by atoms with E-state index in [1.165, 1.54) is 17.0 Å². The molecule has 0 radical (unpaired) electrons. The molecule has 4 aromatic rings. The number of alkyl halides is 3. The number of fused-ring (bicyclic) bond motifs is 1. The first-order valence-corrected chi connectivity index (χ1v) is 21.1. The van der Waals surface area contributed by atoms with Gasteiger partial charge in [0.15, 0.2) is 0 Å². The maximum atomic E-state index is 13.5. The van der Waals surface area contributed by atoms with Crippen molar-refractivity contribution in [1.29, 1.82) is 0 Å². The van der Waals surface area contributed by atoms with Crippen LogP contribution in [0.5, 0.6) is 0 Å². The summed E-state index contributed by atoms with van der Waals surface area (Å²) in [5, 5.41) is 20.0. The van der Waals surface area contributed by atoms with Gasteiger partial charge in [0.2, 0.25) is 5.91 Å². The molecule has 1 aliphatic heterocycles. The number of nitrogens with zero attached hydrogens (tertiary/aromatic N) is 5. The highest BCUT2D eigenvalue weighted by Crippen LogP contribution is 2.34. The molecule has 4 atom stereocenters. The van der Waals surface area contributed by atoms with Gasteiger partial charge in [-0.15, -0.1) is 0 Å². The van der Waals surface area contributed by atoms with E-state index in [1.54, 1.807) is 20.0 Å². The average Bonchev–Trinajstić information content (AvgIpc) is 3.22. The van der Waals surface area contributed by atoms with Crippen molar-refractivity contribution in [2.24, 2.45) is 18.7 Å². The van der Waals surface area contributed by atoms with Crippen molar-refractivity contribution in [2.45, 2.75) is 96.1 Å². The van der Waals surface area contributed by atoms with Crippen LogP contribution in [0.15, 0.2) is 65.7 Å². The van der Waals surface area contributed by atoms with Gasteiger partial charge in [0, 0.05) is 51.5 Å². The third-order valence-electron chi connectivity index (χ3n) is 11.1. The predicted molar refractivity (Wildman–Crippen MR) is 233 cm³/mol. The number of aliphatic hydroxyl groups is 1. The fraction of sp³-hybridized carbons (Fsp3) is 0.523. The number of aryl methyl sites for hydroxylation is 1. The van der Waals surface area contributed by atoms with Crippen LogP contribution in [0.4, 0.5) is 30.4 Å². The predicted octanol–water partition coefficient (Wildman–Crippen LogP) is 4.75. The second kappa shape index (κ2) is 21.5. The number of nitrogens with one attached hydrogen (secondary N) is 3. The maximum absolute atomic E-state index is 13.5. The Bertz CT molecular complexity index is 2130. The zero-order chi connectivity index (χ0) is 44.3. The summed E-state index contributed by atoms with van der Waals surface area (Å²) in [5.41, 5.74) is 13.1. The molecule has 1 fully saturated rings. The lowest BCUT2D eigenvalue weighted by molar-refractivity contribution is -0.137. The van der Waals surface area contributed by atoms with E-state index < -0.39 is 41.9 Å². The van der Waals surface area contributed by atoms with Crippen LogP contribution in [0.25, 0.3) is 11.0 Å². The Hall–Kier alpha value is -5.26. The third kappa shape index (κ3) is 13.1. The quantitative estimate of drug-likeness (QED) is 0.0531. The number of aliphatic hydroxyl groups excluding tert-OH is 1. The van der Waals surface area contributed by atoms with E-state index in [-0.39, 0.29) is 23.1 Å². The summed E-state index contributed by atoms with van der Waals surface area (Å²) in [5.74, 6) is -0.388. The van der Waals surface area contributed by atoms with Gasteiger partial charge >= 0.3 is 6.18 Å². The van der Waals surface area contributed by atoms with E-state index in [1.807, 2.05) is 44.2 Å². The Kier molecular flexibility index (Phi) is 16.5. The molecule has 332 valence electrons. The Morgan fingerprint density at radius 2 is 1.61 bits per heavy atom. The Labute approximate surface area is 355 Å². The van der Waals surface area contributed by atoms with E-state index >= 15 is 0 Å². The van der Waals surface area contributed by atoms with Gasteiger partial charge in [0.25, 0.3) is 11.5 Å². The molecule has 8 N–H and O–H groups in total. The third-order valence-corrected chi connectivity index (χ3v) is 11.1. The lowest BCUT2D eigenvalue weighted by atomic mass is 9.99. The van der Waals surface area contributed by atoms with Gasteiger partial charge in [-0.1, -0.05) is 63.4 Å². The first kappa shape index (κ1) is 46.8. The molecule has 61 heavy (non-hydrogen) atoms. The number of halogens is 3. The zero-order valence-electron chi connectivity index (χ0n) is 35.5. The number of unbranched alkanes of at least 4 members (excludes halogenated alkanes) is 4. The van der Waals surface area contributed by atoms with Crippen LogP contribution < -0.4 is 37.9 Å². The number of rotatable bonds is 20. The highest BCUT2D eigenvalue weighted by Gasteiger charge is 2.32. The molecule has 2 amide bonds. The number of carbonyl (C=O) groups excluding carboxylic acids is 2. The monoisotopic (exact) mass is 850 g/mol. The van der Waals surface area contributed by atoms with Gasteiger partial charge in [0.1, 0.15) is 35.6 Å². The highest BCUT2D eigenvalue weighted by atomic mass is 19.4. The van der Waals surface area contributed by atoms with E-state index in [9.17, 15) is 32.7 Å². The summed E-state index contributed by atoms with van der Waals surface area (Å²) >= 11 is 0. The number of carbonyl (C=O) groups is 2. The number of hydrogen-bond donors (Lipinski definition) is 6. The summed E-state index contributed by atoms with van der Waals surface area (Å²) in [4.78, 5) is 52.6. The first-order valence-electron chi connectivity index (χ1n) is 21.1. The Morgan fingerprint density at radius 1 is 0.918 bits per heavy atom. The number of nitrogens with two attached hydrogens (primary N) is 2. The van der Waals surface area contributed by atoms with E-state index in [0.29, 0.717) is 60.6 Å². The minimum Gasteiger partial charge on any atom is -0.399 e. The fourth-order valence-electron chi connectivity index (χ4n) is 7.66. The van der Waals surface area contributed by atoms with Gasteiger partial charge in [-0.25, -0.2) is 9.97 Å². The lowest BCUT2D eigenvalue weighted by Gasteiger charge is -2.36. The number of nitrogen functional groups attached to an aromatic ring is 1. The number of hydrogen-bond acceptors (Lipinski definition) is 11. The van der Waals surface area contributed by atoms with Crippen LogP contribution in [0.2, 0.25) is 0 Å². The van der Waals surface area contributed by atoms with Gasteiger partial charge in [0.05, 0.1) is 17.0 Å². The van der Waals surface area contributed by atoms with Gasteiger partial charge in [-0.3, -0.25) is 23.9 Å². The molecule has 0 bridgehead atoms. The SMILES string of the molecule is CC(C)C[C@H](NC(=O)[C@@H](O)[C@H](N)Cc1ccccc1)C(=O)NCCCCCCCN1CCN(c2cc3c(N[C@H](C)c4cc(N)cc(C(F)(F)F)c4)ncnc3n(C)c2=O)CC1. The Morgan fingerprint density at radius 3 is 2.30 bits per heavy atom. The summed E-state index contributed by atoms with van der Waals surface area (Å²) in [6.45, 7) is 9.93. The normalized spacial score (nSPS) is 15.7. The number of benzene rings is 2. The molecule has 1 aliphatic rings. The average molecular weight is 851 g/mol. The molecule has 5 rings (SSSR count).